The number of hydrogen-bond donors (Lipinski definition) is 0. The van der Waals surface area contributed by atoms with Crippen molar-refractivity contribution in [1.29, 1.82) is 0 Å². The molecule has 6 nitrogen and oxygen atoms in total. The molecule has 0 fully saturated rings. The van der Waals surface area contributed by atoms with Gasteiger partial charge in [-0.1, -0.05) is 29.8 Å². The van der Waals surface area contributed by atoms with Crippen molar-refractivity contribution >= 4 is 38.1 Å². The van der Waals surface area contributed by atoms with Gasteiger partial charge in [0.25, 0.3) is 5.56 Å². The number of benzene rings is 3. The number of ether oxygens (including phenoxy) is 3. The van der Waals surface area contributed by atoms with Gasteiger partial charge < -0.3 is 14.2 Å². The highest BCUT2D eigenvalue weighted by Gasteiger charge is 2.22. The van der Waals surface area contributed by atoms with Crippen molar-refractivity contribution in [1.82, 2.24) is 9.38 Å². The standard InChI is InChI=1S/C28H22N2O4/c1-16-5-4-6-17(13-16)15-34-18-7-9-22-21(14-18)19-11-12-29-25-20-8-10-23(32-2)27(33-3)24(20)28(31)30(22)26(19)25/h4-14H,15H2,1-3H3. The van der Waals surface area contributed by atoms with Crippen molar-refractivity contribution in [3.05, 3.63) is 88.3 Å². The van der Waals surface area contributed by atoms with Crippen LogP contribution in [0.5, 0.6) is 17.2 Å². The van der Waals surface area contributed by atoms with Gasteiger partial charge in [-0.05, 0) is 48.9 Å². The molecule has 0 N–H and O–H groups in total. The maximum Gasteiger partial charge on any atom is 0.267 e. The van der Waals surface area contributed by atoms with Gasteiger partial charge in [0.2, 0.25) is 0 Å². The first-order chi connectivity index (χ1) is 16.6. The summed E-state index contributed by atoms with van der Waals surface area (Å²) in [7, 11) is 3.10. The molecular formula is C28H22N2O4. The van der Waals surface area contributed by atoms with Gasteiger partial charge in [-0.15, -0.1) is 0 Å². The summed E-state index contributed by atoms with van der Waals surface area (Å²) >= 11 is 0. The second kappa shape index (κ2) is 7.63. The van der Waals surface area contributed by atoms with E-state index in [1.165, 1.54) is 5.56 Å². The molecule has 168 valence electrons. The van der Waals surface area contributed by atoms with E-state index in [-0.39, 0.29) is 5.56 Å². The predicted octanol–water partition coefficient (Wildman–Crippen LogP) is 5.50. The summed E-state index contributed by atoms with van der Waals surface area (Å²) in [5.74, 6) is 1.66. The summed E-state index contributed by atoms with van der Waals surface area (Å²) in [5, 5.41) is 3.08. The third kappa shape index (κ3) is 2.88. The van der Waals surface area contributed by atoms with Crippen LogP contribution in [0.1, 0.15) is 11.1 Å². The van der Waals surface area contributed by atoms with Crippen molar-refractivity contribution in [2.45, 2.75) is 13.5 Å². The van der Waals surface area contributed by atoms with Crippen molar-refractivity contribution in [2.75, 3.05) is 14.2 Å². The third-order valence-electron chi connectivity index (χ3n) is 6.35. The highest BCUT2D eigenvalue weighted by molar-refractivity contribution is 6.19. The highest BCUT2D eigenvalue weighted by atomic mass is 16.5. The van der Waals surface area contributed by atoms with Crippen LogP contribution in [0.2, 0.25) is 0 Å². The van der Waals surface area contributed by atoms with E-state index in [0.717, 1.165) is 44.0 Å². The third-order valence-corrected chi connectivity index (χ3v) is 6.35. The lowest BCUT2D eigenvalue weighted by Gasteiger charge is -2.12. The zero-order valence-corrected chi connectivity index (χ0v) is 19.1. The van der Waals surface area contributed by atoms with E-state index in [0.29, 0.717) is 23.5 Å². The lowest BCUT2D eigenvalue weighted by atomic mass is 10.1. The maximum atomic E-state index is 13.8. The summed E-state index contributed by atoms with van der Waals surface area (Å²) in [6.07, 6.45) is 1.78. The first-order valence-electron chi connectivity index (χ1n) is 11.0. The van der Waals surface area contributed by atoms with Gasteiger partial charge in [-0.3, -0.25) is 14.2 Å². The van der Waals surface area contributed by atoms with E-state index in [2.05, 4.69) is 30.1 Å². The van der Waals surface area contributed by atoms with Crippen molar-refractivity contribution in [2.24, 2.45) is 0 Å². The van der Waals surface area contributed by atoms with Gasteiger partial charge >= 0.3 is 0 Å². The lowest BCUT2D eigenvalue weighted by molar-refractivity contribution is 0.306. The minimum absolute atomic E-state index is 0.167. The molecule has 0 unspecified atom stereocenters. The normalized spacial score (nSPS) is 11.6. The predicted molar refractivity (Wildman–Crippen MR) is 134 cm³/mol. The Morgan fingerprint density at radius 2 is 1.79 bits per heavy atom. The van der Waals surface area contributed by atoms with Gasteiger partial charge in [-0.2, -0.15) is 0 Å². The van der Waals surface area contributed by atoms with Crippen LogP contribution in [0.3, 0.4) is 0 Å². The fraction of sp³-hybridized carbons (Fsp3) is 0.143. The number of fused-ring (bicyclic) bond motifs is 5. The Morgan fingerprint density at radius 1 is 0.912 bits per heavy atom. The van der Waals surface area contributed by atoms with Gasteiger partial charge in [0.15, 0.2) is 11.5 Å². The van der Waals surface area contributed by atoms with Gasteiger partial charge in [0, 0.05) is 22.4 Å². The minimum atomic E-state index is -0.167. The molecule has 0 amide bonds. The Labute approximate surface area is 195 Å². The summed E-state index contributed by atoms with van der Waals surface area (Å²) < 4.78 is 18.9. The molecular weight excluding hydrogens is 428 g/mol. The largest absolute Gasteiger partial charge is 0.493 e. The van der Waals surface area contributed by atoms with E-state index >= 15 is 0 Å². The number of methoxy groups -OCH3 is 2. The van der Waals surface area contributed by atoms with Crippen LogP contribution in [0.4, 0.5) is 0 Å². The molecule has 0 saturated carbocycles. The van der Waals surface area contributed by atoms with Crippen LogP contribution in [-0.2, 0) is 6.61 Å². The Morgan fingerprint density at radius 3 is 2.59 bits per heavy atom. The van der Waals surface area contributed by atoms with E-state index < -0.39 is 0 Å². The number of pyridine rings is 2. The Hall–Kier alpha value is -4.32. The van der Waals surface area contributed by atoms with Crippen LogP contribution in [0.25, 0.3) is 38.1 Å². The average Bonchev–Trinajstić information content (AvgIpc) is 3.20. The molecule has 34 heavy (non-hydrogen) atoms. The molecule has 0 radical (unpaired) electrons. The molecule has 0 aliphatic heterocycles. The van der Waals surface area contributed by atoms with Gasteiger partial charge in [0.1, 0.15) is 12.4 Å². The van der Waals surface area contributed by atoms with Crippen LogP contribution in [0, 0.1) is 6.92 Å². The average molecular weight is 450 g/mol. The molecule has 0 aliphatic rings. The molecule has 6 rings (SSSR count). The summed E-state index contributed by atoms with van der Waals surface area (Å²) in [5.41, 5.74) is 4.47. The Kier molecular flexibility index (Phi) is 4.55. The first kappa shape index (κ1) is 20.3. The minimum Gasteiger partial charge on any atom is -0.493 e. The summed E-state index contributed by atoms with van der Waals surface area (Å²) in [6, 6.07) is 19.7. The molecule has 0 spiro atoms. The maximum absolute atomic E-state index is 13.8. The van der Waals surface area contributed by atoms with E-state index in [1.54, 1.807) is 30.9 Å². The molecule has 6 heteroatoms. The quantitative estimate of drug-likeness (QED) is 0.325. The fourth-order valence-corrected chi connectivity index (χ4v) is 4.86. The van der Waals surface area contributed by atoms with Crippen LogP contribution < -0.4 is 19.8 Å². The number of hydrogen-bond acceptors (Lipinski definition) is 5. The second-order valence-corrected chi connectivity index (χ2v) is 8.38. The van der Waals surface area contributed by atoms with Crippen LogP contribution in [0.15, 0.2) is 71.7 Å². The molecule has 0 aliphatic carbocycles. The number of aryl methyl sites for hydroxylation is 1. The molecule has 0 bridgehead atoms. The zero-order valence-electron chi connectivity index (χ0n) is 19.1. The fourth-order valence-electron chi connectivity index (χ4n) is 4.86. The molecule has 3 aromatic heterocycles. The summed E-state index contributed by atoms with van der Waals surface area (Å²) in [6.45, 7) is 2.54. The van der Waals surface area contributed by atoms with Gasteiger partial charge in [0.05, 0.1) is 36.2 Å². The monoisotopic (exact) mass is 450 g/mol. The van der Waals surface area contributed by atoms with Gasteiger partial charge in [-0.25, -0.2) is 0 Å². The smallest absolute Gasteiger partial charge is 0.267 e. The molecule has 0 atom stereocenters. The SMILES string of the molecule is COc1ccc2c(c1OC)c(=O)n1c3ccc(OCc4cccc(C)c4)cc3c3ccnc2c31. The van der Waals surface area contributed by atoms with Crippen molar-refractivity contribution < 1.29 is 14.2 Å². The Balaban J connectivity index is 1.60. The topological polar surface area (TPSA) is 62.1 Å². The van der Waals surface area contributed by atoms with Crippen molar-refractivity contribution in [3.8, 4) is 17.2 Å². The molecule has 6 aromatic rings. The van der Waals surface area contributed by atoms with E-state index in [4.69, 9.17) is 14.2 Å². The molecule has 0 saturated heterocycles. The molecule has 3 heterocycles. The highest BCUT2D eigenvalue weighted by Crippen LogP contribution is 2.39. The van der Waals surface area contributed by atoms with Crippen molar-refractivity contribution in [3.63, 3.8) is 0 Å². The van der Waals surface area contributed by atoms with E-state index in [9.17, 15) is 4.79 Å². The van der Waals surface area contributed by atoms with Crippen LogP contribution >= 0.6 is 0 Å². The number of rotatable bonds is 5. The number of nitrogens with zero attached hydrogens (tertiary/aromatic N) is 2. The zero-order chi connectivity index (χ0) is 23.4. The summed E-state index contributed by atoms with van der Waals surface area (Å²) in [4.78, 5) is 18.5. The lowest BCUT2D eigenvalue weighted by Crippen LogP contribution is -2.14. The Bertz CT molecular complexity index is 1770. The van der Waals surface area contributed by atoms with Crippen LogP contribution in [-0.4, -0.2) is 23.6 Å². The number of aromatic nitrogens is 2. The first-order valence-corrected chi connectivity index (χ1v) is 11.0. The second-order valence-electron chi connectivity index (χ2n) is 8.38. The van der Waals surface area contributed by atoms with E-state index in [1.807, 2.05) is 36.4 Å². The molecule has 3 aromatic carbocycles.